The number of aliphatic imine (C=N–C) groups is 1. The molecule has 2 aromatic carbocycles. The van der Waals surface area contributed by atoms with Gasteiger partial charge in [0.15, 0.2) is 5.54 Å². The molecule has 33 heavy (non-hydrogen) atoms. The Morgan fingerprint density at radius 2 is 1.94 bits per heavy atom. The molecule has 3 rings (SSSR count). The second-order valence-corrected chi connectivity index (χ2v) is 7.81. The highest BCUT2D eigenvalue weighted by Gasteiger charge is 2.43. The van der Waals surface area contributed by atoms with Crippen LogP contribution in [-0.4, -0.2) is 62.5 Å². The maximum Gasteiger partial charge on any atom is 0.251 e. The zero-order valence-corrected chi connectivity index (χ0v) is 19.0. The summed E-state index contributed by atoms with van der Waals surface area (Å²) in [6, 6.07) is 17.3. The Labute approximate surface area is 195 Å². The van der Waals surface area contributed by atoms with Crippen molar-refractivity contribution in [2.45, 2.75) is 24.8 Å². The minimum atomic E-state index is -1.02. The highest BCUT2D eigenvalue weighted by molar-refractivity contribution is 6.00. The summed E-state index contributed by atoms with van der Waals surface area (Å²) in [4.78, 5) is 17.9. The average Bonchev–Trinajstić information content (AvgIpc) is 3.29. The predicted octanol–water partition coefficient (Wildman–Crippen LogP) is 3.22. The minimum Gasteiger partial charge on any atom is -0.494 e. The molecule has 2 aromatic rings. The molecule has 2 N–H and O–H groups in total. The Balaban J connectivity index is 1.74. The Hall–Kier alpha value is -3.16. The molecule has 0 radical (unpaired) electrons. The molecule has 176 valence electrons. The van der Waals surface area contributed by atoms with Gasteiger partial charge in [-0.3, -0.25) is 4.79 Å². The molecule has 0 aliphatic carbocycles. The van der Waals surface area contributed by atoms with Crippen molar-refractivity contribution in [1.29, 1.82) is 0 Å². The quantitative estimate of drug-likeness (QED) is 0.456. The minimum absolute atomic E-state index is 0.0943. The second kappa shape index (κ2) is 12.8. The number of ether oxygens (including phenoxy) is 3. The summed E-state index contributed by atoms with van der Waals surface area (Å²) >= 11 is 0. The lowest BCUT2D eigenvalue weighted by Gasteiger charge is -2.21. The van der Waals surface area contributed by atoms with Gasteiger partial charge in [-0.25, -0.2) is 4.99 Å². The Morgan fingerprint density at radius 1 is 1.15 bits per heavy atom. The average molecular weight is 453 g/mol. The smallest absolute Gasteiger partial charge is 0.251 e. The van der Waals surface area contributed by atoms with Gasteiger partial charge < -0.3 is 24.6 Å². The van der Waals surface area contributed by atoms with Crippen LogP contribution in [0.3, 0.4) is 0 Å². The number of nitrogens with one attached hydrogen (secondary N) is 1. The van der Waals surface area contributed by atoms with Crippen molar-refractivity contribution < 1.29 is 24.1 Å². The summed E-state index contributed by atoms with van der Waals surface area (Å²) < 4.78 is 16.5. The van der Waals surface area contributed by atoms with Crippen LogP contribution in [0.25, 0.3) is 6.08 Å². The van der Waals surface area contributed by atoms with Gasteiger partial charge in [0.05, 0.1) is 6.61 Å². The molecule has 1 aliphatic rings. The fraction of sp³-hybridized carbons (Fsp3) is 0.385. The second-order valence-electron chi connectivity index (χ2n) is 7.81. The highest BCUT2D eigenvalue weighted by atomic mass is 16.5. The number of carbonyl (C=O) groups is 1. The SMILES string of the molecule is COCCCNC(=O)[C@@]1(C/C=C/c2ccccc2)COC(c2ccc(OCCCO)cc2)=N1. The molecule has 1 amide bonds. The van der Waals surface area contributed by atoms with Crippen molar-refractivity contribution in [3.05, 3.63) is 71.8 Å². The van der Waals surface area contributed by atoms with E-state index in [2.05, 4.69) is 5.32 Å². The molecule has 7 heteroatoms. The summed E-state index contributed by atoms with van der Waals surface area (Å²) in [5.41, 5.74) is 0.822. The number of hydrogen-bond acceptors (Lipinski definition) is 6. The van der Waals surface area contributed by atoms with Crippen LogP contribution in [-0.2, 0) is 14.3 Å². The first-order valence-corrected chi connectivity index (χ1v) is 11.2. The molecule has 1 aliphatic heterocycles. The number of amides is 1. The standard InChI is InChI=1S/C26H32N2O5/c1-31-18-6-16-27-25(30)26(15-5-10-21-8-3-2-4-9-21)20-33-24(28-26)22-11-13-23(14-12-22)32-19-7-17-29/h2-5,8-14,29H,6-7,15-20H2,1H3,(H,27,30)/b10-5+/t26-/m1/s1. The van der Waals surface area contributed by atoms with Gasteiger partial charge in [0.2, 0.25) is 5.90 Å². The van der Waals surface area contributed by atoms with Crippen molar-refractivity contribution in [3.63, 3.8) is 0 Å². The fourth-order valence-electron chi connectivity index (χ4n) is 3.39. The molecule has 0 bridgehead atoms. The van der Waals surface area contributed by atoms with Crippen molar-refractivity contribution in [1.82, 2.24) is 5.32 Å². The molecule has 0 aromatic heterocycles. The van der Waals surface area contributed by atoms with Crippen LogP contribution in [0.1, 0.15) is 30.4 Å². The molecule has 0 unspecified atom stereocenters. The van der Waals surface area contributed by atoms with Crippen molar-refractivity contribution in [3.8, 4) is 5.75 Å². The van der Waals surface area contributed by atoms with Crippen LogP contribution in [0.15, 0.2) is 65.7 Å². The number of aliphatic hydroxyl groups is 1. The van der Waals surface area contributed by atoms with E-state index < -0.39 is 5.54 Å². The third-order valence-electron chi connectivity index (χ3n) is 5.23. The Bertz CT molecular complexity index is 927. The van der Waals surface area contributed by atoms with Gasteiger partial charge in [-0.1, -0.05) is 42.5 Å². The lowest BCUT2D eigenvalue weighted by atomic mass is 9.95. The van der Waals surface area contributed by atoms with Crippen molar-refractivity contribution >= 4 is 17.9 Å². The van der Waals surface area contributed by atoms with Crippen LogP contribution in [0.5, 0.6) is 5.75 Å². The fourth-order valence-corrected chi connectivity index (χ4v) is 3.39. The monoisotopic (exact) mass is 452 g/mol. The van der Waals surface area contributed by atoms with Crippen LogP contribution >= 0.6 is 0 Å². The summed E-state index contributed by atoms with van der Waals surface area (Å²) in [6.07, 6.45) is 5.69. The molecule has 1 atom stereocenters. The number of methoxy groups -OCH3 is 1. The van der Waals surface area contributed by atoms with Gasteiger partial charge in [-0.15, -0.1) is 0 Å². The third kappa shape index (κ3) is 7.17. The number of hydrogen-bond donors (Lipinski definition) is 2. The van der Waals surface area contributed by atoms with Crippen molar-refractivity contribution in [2.75, 3.05) is 40.1 Å². The molecule has 7 nitrogen and oxygen atoms in total. The van der Waals surface area contributed by atoms with Crippen molar-refractivity contribution in [2.24, 2.45) is 4.99 Å². The van der Waals surface area contributed by atoms with E-state index >= 15 is 0 Å². The number of nitrogens with zero attached hydrogens (tertiary/aromatic N) is 1. The molecule has 0 fully saturated rings. The van der Waals surface area contributed by atoms with E-state index in [4.69, 9.17) is 24.3 Å². The normalized spacial score (nSPS) is 17.6. The van der Waals surface area contributed by atoms with Gasteiger partial charge in [0.1, 0.15) is 12.4 Å². The Kier molecular flexibility index (Phi) is 9.47. The van der Waals surface area contributed by atoms with Gasteiger partial charge in [0, 0.05) is 45.3 Å². The Morgan fingerprint density at radius 3 is 2.67 bits per heavy atom. The van der Waals surface area contributed by atoms with E-state index in [-0.39, 0.29) is 19.1 Å². The lowest BCUT2D eigenvalue weighted by Crippen LogP contribution is -2.46. The predicted molar refractivity (Wildman–Crippen MR) is 128 cm³/mol. The van der Waals surface area contributed by atoms with Gasteiger partial charge in [-0.05, 0) is 36.2 Å². The van der Waals surface area contributed by atoms with E-state index in [0.29, 0.717) is 44.2 Å². The highest BCUT2D eigenvalue weighted by Crippen LogP contribution is 2.28. The topological polar surface area (TPSA) is 89.4 Å². The van der Waals surface area contributed by atoms with E-state index in [1.165, 1.54) is 0 Å². The van der Waals surface area contributed by atoms with Gasteiger partial charge in [-0.2, -0.15) is 0 Å². The first-order chi connectivity index (χ1) is 16.2. The molecule has 0 saturated carbocycles. The molecular formula is C26H32N2O5. The molecular weight excluding hydrogens is 420 g/mol. The molecule has 0 saturated heterocycles. The molecule has 1 heterocycles. The molecule has 0 spiro atoms. The number of rotatable bonds is 13. The van der Waals surface area contributed by atoms with Crippen LogP contribution < -0.4 is 10.1 Å². The van der Waals surface area contributed by atoms with Crippen LogP contribution in [0, 0.1) is 0 Å². The zero-order valence-electron chi connectivity index (χ0n) is 19.0. The zero-order chi connectivity index (χ0) is 23.4. The van der Waals surface area contributed by atoms with Crippen LogP contribution in [0.2, 0.25) is 0 Å². The summed E-state index contributed by atoms with van der Waals surface area (Å²) in [5.74, 6) is 0.992. The van der Waals surface area contributed by atoms with E-state index in [0.717, 1.165) is 17.5 Å². The van der Waals surface area contributed by atoms with Crippen LogP contribution in [0.4, 0.5) is 0 Å². The third-order valence-corrected chi connectivity index (χ3v) is 5.23. The summed E-state index contributed by atoms with van der Waals surface area (Å²) in [5, 5.41) is 11.9. The van der Waals surface area contributed by atoms with E-state index in [1.807, 2.05) is 66.7 Å². The summed E-state index contributed by atoms with van der Waals surface area (Å²) in [6.45, 7) is 1.82. The maximum atomic E-state index is 13.1. The first kappa shape index (κ1) is 24.5. The first-order valence-electron chi connectivity index (χ1n) is 11.2. The lowest BCUT2D eigenvalue weighted by molar-refractivity contribution is -0.126. The van der Waals surface area contributed by atoms with E-state index in [9.17, 15) is 4.79 Å². The number of benzene rings is 2. The number of aliphatic hydroxyl groups excluding tert-OH is 1. The van der Waals surface area contributed by atoms with E-state index in [1.54, 1.807) is 7.11 Å². The maximum absolute atomic E-state index is 13.1. The largest absolute Gasteiger partial charge is 0.494 e. The van der Waals surface area contributed by atoms with Gasteiger partial charge >= 0.3 is 0 Å². The summed E-state index contributed by atoms with van der Waals surface area (Å²) in [7, 11) is 1.64. The number of carbonyl (C=O) groups excluding carboxylic acids is 1. The van der Waals surface area contributed by atoms with Gasteiger partial charge in [0.25, 0.3) is 5.91 Å².